The standard InChI is InChI=1S/C60H98O6/c1-4-7-10-13-16-19-22-25-28-30-33-35-38-41-44-47-50-53-59(62)65-56-57(55-64-58(61)52-49-46-43-40-37-34-31-27-24-21-18-15-12-9-6-3)66-60(63)54-51-48-45-42-39-36-32-29-26-23-20-17-14-11-8-5-2/h7,9-10,12,16,18-19,21,25,27-29,31-33,35,41,44,57H,4-6,8,11,13-15,17,20,22-24,26,30,34,36-40,42-43,45-56H2,1-3H3/b10-7-,12-9-,19-16-,21-18-,28-25-,31-27-,32-29-,35-33-,44-41-/t57-/m1/s1. The quantitative estimate of drug-likeness (QED) is 0.0262. The Labute approximate surface area is 406 Å². The Morgan fingerprint density at radius 3 is 1.00 bits per heavy atom. The molecule has 6 heteroatoms. The van der Waals surface area contributed by atoms with E-state index in [4.69, 9.17) is 14.2 Å². The third-order valence-electron chi connectivity index (χ3n) is 11.0. The highest BCUT2D eigenvalue weighted by molar-refractivity contribution is 5.71. The maximum atomic E-state index is 12.8. The molecule has 0 spiro atoms. The molecule has 0 saturated carbocycles. The lowest BCUT2D eigenvalue weighted by Gasteiger charge is -2.18. The molecular formula is C60H98O6. The first-order valence-electron chi connectivity index (χ1n) is 26.9. The Morgan fingerprint density at radius 2 is 0.606 bits per heavy atom. The topological polar surface area (TPSA) is 78.9 Å². The third kappa shape index (κ3) is 51.1. The second kappa shape index (κ2) is 53.7. The van der Waals surface area contributed by atoms with Crippen LogP contribution in [0.3, 0.4) is 0 Å². The van der Waals surface area contributed by atoms with Crippen molar-refractivity contribution in [2.45, 2.75) is 239 Å². The van der Waals surface area contributed by atoms with Gasteiger partial charge in [-0.25, -0.2) is 0 Å². The number of rotatable bonds is 47. The van der Waals surface area contributed by atoms with Crippen molar-refractivity contribution in [3.05, 3.63) is 109 Å². The zero-order valence-electron chi connectivity index (χ0n) is 42.7. The van der Waals surface area contributed by atoms with Crippen molar-refractivity contribution in [1.82, 2.24) is 0 Å². The second-order valence-corrected chi connectivity index (χ2v) is 17.4. The van der Waals surface area contributed by atoms with Crippen LogP contribution in [0.2, 0.25) is 0 Å². The lowest BCUT2D eigenvalue weighted by Crippen LogP contribution is -2.30. The van der Waals surface area contributed by atoms with Crippen LogP contribution in [-0.2, 0) is 28.6 Å². The molecule has 0 rings (SSSR count). The largest absolute Gasteiger partial charge is 0.462 e. The Hall–Kier alpha value is -3.93. The summed E-state index contributed by atoms with van der Waals surface area (Å²) >= 11 is 0. The van der Waals surface area contributed by atoms with Gasteiger partial charge in [0, 0.05) is 19.3 Å². The van der Waals surface area contributed by atoms with Crippen molar-refractivity contribution in [3.8, 4) is 0 Å². The lowest BCUT2D eigenvalue weighted by molar-refractivity contribution is -0.167. The van der Waals surface area contributed by atoms with Crippen LogP contribution in [0.5, 0.6) is 0 Å². The SMILES string of the molecule is CC/C=C\C/C=C\C/C=C\C/C=C\C/C=C\CCCC(=O)OC[C@@H](COC(=O)CCCCCCC/C=C\C/C=C\C/C=C\CC)OC(=O)CCCCCCC/C=C\CCCCCCCCC. The maximum absolute atomic E-state index is 12.8. The number of unbranched alkanes of at least 4 members (excludes halogenated alkanes) is 18. The van der Waals surface area contributed by atoms with Crippen LogP contribution in [0.25, 0.3) is 0 Å². The Bertz CT molecular complexity index is 1370. The van der Waals surface area contributed by atoms with Crippen molar-refractivity contribution in [2.24, 2.45) is 0 Å². The highest BCUT2D eigenvalue weighted by atomic mass is 16.6. The minimum absolute atomic E-state index is 0.110. The fourth-order valence-electron chi connectivity index (χ4n) is 7.02. The van der Waals surface area contributed by atoms with Crippen molar-refractivity contribution in [2.75, 3.05) is 13.2 Å². The molecule has 0 heterocycles. The van der Waals surface area contributed by atoms with Crippen LogP contribution in [0.15, 0.2) is 109 Å². The normalized spacial score (nSPS) is 13.0. The Balaban J connectivity index is 4.53. The first-order chi connectivity index (χ1) is 32.5. The lowest BCUT2D eigenvalue weighted by atomic mass is 10.1. The fourth-order valence-corrected chi connectivity index (χ4v) is 7.02. The number of hydrogen-bond donors (Lipinski definition) is 0. The minimum atomic E-state index is -0.814. The monoisotopic (exact) mass is 915 g/mol. The highest BCUT2D eigenvalue weighted by Gasteiger charge is 2.19. The number of esters is 3. The number of carbonyl (C=O) groups excluding carboxylic acids is 3. The zero-order valence-corrected chi connectivity index (χ0v) is 42.7. The van der Waals surface area contributed by atoms with Gasteiger partial charge in [-0.15, -0.1) is 0 Å². The van der Waals surface area contributed by atoms with Crippen LogP contribution in [0, 0.1) is 0 Å². The van der Waals surface area contributed by atoms with E-state index in [-0.39, 0.29) is 37.5 Å². The molecule has 0 aromatic carbocycles. The van der Waals surface area contributed by atoms with Gasteiger partial charge in [-0.2, -0.15) is 0 Å². The van der Waals surface area contributed by atoms with E-state index >= 15 is 0 Å². The molecule has 0 aliphatic heterocycles. The molecule has 0 aliphatic carbocycles. The molecule has 0 aromatic heterocycles. The summed E-state index contributed by atoms with van der Waals surface area (Å²) in [6.07, 6.45) is 72.2. The molecule has 0 saturated heterocycles. The first kappa shape index (κ1) is 62.1. The molecule has 0 unspecified atom stereocenters. The van der Waals surface area contributed by atoms with Crippen molar-refractivity contribution < 1.29 is 28.6 Å². The van der Waals surface area contributed by atoms with E-state index in [2.05, 4.69) is 130 Å². The first-order valence-corrected chi connectivity index (χ1v) is 26.9. The van der Waals surface area contributed by atoms with E-state index in [1.54, 1.807) is 0 Å². The summed E-state index contributed by atoms with van der Waals surface area (Å²) in [7, 11) is 0. The molecule has 0 amide bonds. The molecule has 0 N–H and O–H groups in total. The van der Waals surface area contributed by atoms with Crippen LogP contribution in [-0.4, -0.2) is 37.2 Å². The maximum Gasteiger partial charge on any atom is 0.306 e. The predicted octanol–water partition coefficient (Wildman–Crippen LogP) is 17.9. The Morgan fingerprint density at radius 1 is 0.318 bits per heavy atom. The third-order valence-corrected chi connectivity index (χ3v) is 11.0. The van der Waals surface area contributed by atoms with Crippen molar-refractivity contribution >= 4 is 17.9 Å². The van der Waals surface area contributed by atoms with Gasteiger partial charge in [0.25, 0.3) is 0 Å². The van der Waals surface area contributed by atoms with E-state index in [1.807, 2.05) is 0 Å². The number of hydrogen-bond acceptors (Lipinski definition) is 6. The van der Waals surface area contributed by atoms with E-state index in [0.717, 1.165) is 128 Å². The number of ether oxygens (including phenoxy) is 3. The van der Waals surface area contributed by atoms with E-state index in [0.29, 0.717) is 19.3 Å². The van der Waals surface area contributed by atoms with Gasteiger partial charge >= 0.3 is 17.9 Å². The van der Waals surface area contributed by atoms with Gasteiger partial charge in [0.05, 0.1) is 0 Å². The molecule has 66 heavy (non-hydrogen) atoms. The van der Waals surface area contributed by atoms with Gasteiger partial charge in [-0.1, -0.05) is 207 Å². The highest BCUT2D eigenvalue weighted by Crippen LogP contribution is 2.13. The van der Waals surface area contributed by atoms with Gasteiger partial charge in [0.15, 0.2) is 6.10 Å². The van der Waals surface area contributed by atoms with E-state index in [1.165, 1.54) is 57.8 Å². The number of carbonyl (C=O) groups is 3. The van der Waals surface area contributed by atoms with Crippen LogP contribution in [0.4, 0.5) is 0 Å². The average Bonchev–Trinajstić information content (AvgIpc) is 3.31. The van der Waals surface area contributed by atoms with Crippen molar-refractivity contribution in [1.29, 1.82) is 0 Å². The van der Waals surface area contributed by atoms with Gasteiger partial charge in [0.2, 0.25) is 0 Å². The molecule has 1 atom stereocenters. The van der Waals surface area contributed by atoms with Crippen molar-refractivity contribution in [3.63, 3.8) is 0 Å². The fraction of sp³-hybridized carbons (Fsp3) is 0.650. The smallest absolute Gasteiger partial charge is 0.306 e. The van der Waals surface area contributed by atoms with Gasteiger partial charge in [-0.05, 0) is 116 Å². The Kier molecular flexibility index (Phi) is 50.5. The summed E-state index contributed by atoms with van der Waals surface area (Å²) in [5.41, 5.74) is 0. The average molecular weight is 915 g/mol. The summed E-state index contributed by atoms with van der Waals surface area (Å²) in [5, 5.41) is 0. The molecule has 0 radical (unpaired) electrons. The summed E-state index contributed by atoms with van der Waals surface area (Å²) in [4.78, 5) is 38.0. The van der Waals surface area contributed by atoms with Gasteiger partial charge < -0.3 is 14.2 Å². The summed E-state index contributed by atoms with van der Waals surface area (Å²) in [5.74, 6) is -0.997. The molecule has 374 valence electrons. The van der Waals surface area contributed by atoms with Crippen LogP contribution in [0.1, 0.15) is 233 Å². The molecule has 0 aromatic rings. The zero-order chi connectivity index (χ0) is 47.9. The van der Waals surface area contributed by atoms with Crippen LogP contribution >= 0.6 is 0 Å². The second-order valence-electron chi connectivity index (χ2n) is 17.4. The molecule has 0 fully saturated rings. The van der Waals surface area contributed by atoms with Crippen LogP contribution < -0.4 is 0 Å². The van der Waals surface area contributed by atoms with E-state index in [9.17, 15) is 14.4 Å². The molecule has 0 bridgehead atoms. The summed E-state index contributed by atoms with van der Waals surface area (Å²) in [6.45, 7) is 6.33. The molecular weight excluding hydrogens is 817 g/mol. The molecule has 6 nitrogen and oxygen atoms in total. The van der Waals surface area contributed by atoms with Gasteiger partial charge in [-0.3, -0.25) is 14.4 Å². The van der Waals surface area contributed by atoms with Gasteiger partial charge in [0.1, 0.15) is 13.2 Å². The summed E-state index contributed by atoms with van der Waals surface area (Å²) < 4.78 is 16.8. The van der Waals surface area contributed by atoms with E-state index < -0.39 is 6.10 Å². The molecule has 0 aliphatic rings. The predicted molar refractivity (Wildman–Crippen MR) is 283 cm³/mol. The summed E-state index contributed by atoms with van der Waals surface area (Å²) in [6, 6.07) is 0. The number of allylic oxidation sites excluding steroid dienone is 18. The minimum Gasteiger partial charge on any atom is -0.462 e.